The van der Waals surface area contributed by atoms with E-state index in [1.54, 1.807) is 29.5 Å². The molecule has 4 aromatic rings. The number of carbonyl (C=O) groups excluding carboxylic acids is 1. The van der Waals surface area contributed by atoms with E-state index in [0.29, 0.717) is 23.1 Å². The highest BCUT2D eigenvalue weighted by Crippen LogP contribution is 2.30. The van der Waals surface area contributed by atoms with Crippen LogP contribution in [0.15, 0.2) is 71.0 Å². The molecule has 0 aliphatic carbocycles. The molecule has 0 unspecified atom stereocenters. The van der Waals surface area contributed by atoms with Gasteiger partial charge in [-0.3, -0.25) is 9.56 Å². The van der Waals surface area contributed by atoms with Crippen molar-refractivity contribution in [2.24, 2.45) is 4.99 Å². The quantitative estimate of drug-likeness (QED) is 0.476. The number of carbonyl (C=O) groups is 1. The topological polar surface area (TPSA) is 84.2 Å². The number of thiophene rings is 1. The number of aliphatic imine (C=N–C) groups is 1. The minimum Gasteiger partial charge on any atom is -0.331 e. The number of halogens is 1. The summed E-state index contributed by atoms with van der Waals surface area (Å²) >= 11 is 7.70. The second-order valence-corrected chi connectivity index (χ2v) is 8.13. The zero-order chi connectivity index (χ0) is 21.2. The molecule has 1 aliphatic heterocycles. The first-order chi connectivity index (χ1) is 15.2. The van der Waals surface area contributed by atoms with Gasteiger partial charge >= 0.3 is 6.03 Å². The van der Waals surface area contributed by atoms with Crippen molar-refractivity contribution in [3.63, 3.8) is 0 Å². The van der Waals surface area contributed by atoms with E-state index in [1.165, 1.54) is 0 Å². The molecule has 2 aromatic carbocycles. The molecule has 0 atom stereocenters. The summed E-state index contributed by atoms with van der Waals surface area (Å²) in [7, 11) is 0. The smallest absolute Gasteiger partial charge is 0.319 e. The fourth-order valence-electron chi connectivity index (χ4n) is 3.43. The normalized spacial score (nSPS) is 12.4. The van der Waals surface area contributed by atoms with Gasteiger partial charge in [0.1, 0.15) is 11.5 Å². The molecular weight excluding hydrogens is 432 g/mol. The van der Waals surface area contributed by atoms with Crippen LogP contribution in [0, 0.1) is 0 Å². The summed E-state index contributed by atoms with van der Waals surface area (Å²) < 4.78 is 1.98. The number of nitrogens with zero attached hydrogens (tertiary/aromatic N) is 4. The monoisotopic (exact) mass is 448 g/mol. The number of hydrogen-bond acceptors (Lipinski definition) is 5. The Morgan fingerprint density at radius 2 is 1.87 bits per heavy atom. The summed E-state index contributed by atoms with van der Waals surface area (Å²) in [5, 5.41) is 17.7. The Morgan fingerprint density at radius 3 is 2.71 bits per heavy atom. The number of fused-ring (bicyclic) bond motifs is 3. The molecule has 7 nitrogen and oxygen atoms in total. The Balaban J connectivity index is 1.39. The number of rotatable bonds is 4. The third-order valence-electron chi connectivity index (χ3n) is 4.86. The molecule has 2 amide bonds. The van der Waals surface area contributed by atoms with Crippen LogP contribution in [0.4, 0.5) is 10.5 Å². The Labute approximate surface area is 187 Å². The molecule has 0 fully saturated rings. The lowest BCUT2D eigenvalue weighted by molar-refractivity contribution is 0.251. The average molecular weight is 449 g/mol. The van der Waals surface area contributed by atoms with Gasteiger partial charge in [-0.15, -0.1) is 21.5 Å². The molecule has 2 aromatic heterocycles. The van der Waals surface area contributed by atoms with Crippen molar-refractivity contribution in [3.05, 3.63) is 93.8 Å². The molecule has 0 radical (unpaired) electrons. The number of nitrogens with one attached hydrogen (secondary N) is 2. The first-order valence-electron chi connectivity index (χ1n) is 9.61. The maximum Gasteiger partial charge on any atom is 0.319 e. The molecule has 0 saturated carbocycles. The highest BCUT2D eigenvalue weighted by molar-refractivity contribution is 7.13. The van der Waals surface area contributed by atoms with Gasteiger partial charge in [0, 0.05) is 11.1 Å². The van der Waals surface area contributed by atoms with Crippen LogP contribution in [-0.2, 0) is 13.1 Å². The first kappa shape index (κ1) is 19.5. The molecule has 3 heterocycles. The fourth-order valence-corrected chi connectivity index (χ4v) is 4.55. The van der Waals surface area contributed by atoms with Crippen molar-refractivity contribution >= 4 is 40.4 Å². The van der Waals surface area contributed by atoms with Gasteiger partial charge in [0.2, 0.25) is 0 Å². The lowest BCUT2D eigenvalue weighted by Gasteiger charge is -2.11. The molecule has 5 rings (SSSR count). The lowest BCUT2D eigenvalue weighted by Crippen LogP contribution is -2.29. The third kappa shape index (κ3) is 3.83. The Hall–Kier alpha value is -3.49. The number of hydrogen-bond donors (Lipinski definition) is 2. The Bertz CT molecular complexity index is 1280. The number of benzene rings is 2. The number of anilines is 1. The van der Waals surface area contributed by atoms with Crippen LogP contribution in [-0.4, -0.2) is 26.5 Å². The molecule has 2 N–H and O–H groups in total. The summed E-state index contributed by atoms with van der Waals surface area (Å²) in [6.07, 6.45) is 0. The van der Waals surface area contributed by atoms with Crippen molar-refractivity contribution in [2.75, 3.05) is 5.32 Å². The first-order valence-corrected chi connectivity index (χ1v) is 10.9. The fraction of sp³-hybridized carbons (Fsp3) is 0.0909. The summed E-state index contributed by atoms with van der Waals surface area (Å²) in [5.74, 6) is 1.37. The molecule has 1 aliphatic rings. The summed E-state index contributed by atoms with van der Waals surface area (Å²) in [6.45, 7) is 0.617. The van der Waals surface area contributed by atoms with E-state index >= 15 is 0 Å². The lowest BCUT2D eigenvalue weighted by atomic mass is 10.0. The van der Waals surface area contributed by atoms with Gasteiger partial charge in [-0.1, -0.05) is 54.1 Å². The zero-order valence-electron chi connectivity index (χ0n) is 16.2. The van der Waals surface area contributed by atoms with E-state index in [4.69, 9.17) is 16.6 Å². The molecule has 0 saturated heterocycles. The van der Waals surface area contributed by atoms with Crippen LogP contribution in [0.1, 0.15) is 22.8 Å². The van der Waals surface area contributed by atoms with E-state index in [2.05, 4.69) is 26.9 Å². The van der Waals surface area contributed by atoms with Crippen LogP contribution < -0.4 is 10.6 Å². The Kier molecular flexibility index (Phi) is 5.23. The van der Waals surface area contributed by atoms with Crippen molar-refractivity contribution in [1.29, 1.82) is 0 Å². The molecule has 154 valence electrons. The van der Waals surface area contributed by atoms with Gasteiger partial charge < -0.3 is 10.6 Å². The van der Waals surface area contributed by atoms with E-state index in [1.807, 2.05) is 46.3 Å². The summed E-state index contributed by atoms with van der Waals surface area (Å²) in [6, 6.07) is 18.9. The largest absolute Gasteiger partial charge is 0.331 e. The van der Waals surface area contributed by atoms with E-state index in [0.717, 1.165) is 27.7 Å². The number of para-hydroxylation sites is 1. The second-order valence-electron chi connectivity index (χ2n) is 6.83. The zero-order valence-corrected chi connectivity index (χ0v) is 17.8. The van der Waals surface area contributed by atoms with Crippen molar-refractivity contribution < 1.29 is 4.79 Å². The van der Waals surface area contributed by atoms with E-state index in [-0.39, 0.29) is 12.6 Å². The van der Waals surface area contributed by atoms with E-state index in [9.17, 15) is 4.79 Å². The van der Waals surface area contributed by atoms with Gasteiger partial charge in [-0.2, -0.15) is 0 Å². The van der Waals surface area contributed by atoms with Gasteiger partial charge in [-0.05, 0) is 23.6 Å². The second kappa shape index (κ2) is 8.33. The van der Waals surface area contributed by atoms with Gasteiger partial charge in [-0.25, -0.2) is 4.79 Å². The maximum absolute atomic E-state index is 12.4. The molecular formula is C22H17ClN6OS. The van der Waals surface area contributed by atoms with Crippen molar-refractivity contribution in [1.82, 2.24) is 20.1 Å². The van der Waals surface area contributed by atoms with E-state index < -0.39 is 0 Å². The molecule has 0 spiro atoms. The van der Waals surface area contributed by atoms with Crippen LogP contribution in [0.5, 0.6) is 0 Å². The van der Waals surface area contributed by atoms with Gasteiger partial charge in [0.25, 0.3) is 0 Å². The maximum atomic E-state index is 12.4. The number of amides is 2. The third-order valence-corrected chi connectivity index (χ3v) is 6.08. The highest BCUT2D eigenvalue weighted by atomic mass is 35.5. The summed E-state index contributed by atoms with van der Waals surface area (Å²) in [4.78, 5) is 17.2. The van der Waals surface area contributed by atoms with Crippen LogP contribution >= 0.6 is 22.9 Å². The minimum absolute atomic E-state index is 0.210. The minimum atomic E-state index is -0.369. The molecule has 9 heteroatoms. The van der Waals surface area contributed by atoms with Gasteiger partial charge in [0.15, 0.2) is 11.6 Å². The SMILES string of the molecule is O=C(NCc1nnc2n1-c1sccc1C(c1ccccc1)=NC2)Nc1ccccc1Cl. The molecule has 31 heavy (non-hydrogen) atoms. The molecule has 0 bridgehead atoms. The standard InChI is InChI=1S/C22H17ClN6OS/c23-16-8-4-5-9-17(16)26-22(30)25-13-19-28-27-18-12-24-20(14-6-2-1-3-7-14)15-10-11-31-21(15)29(18)19/h1-11H,12-13H2,(H2,25,26,30). The predicted octanol–water partition coefficient (Wildman–Crippen LogP) is 4.65. The van der Waals surface area contributed by atoms with Crippen LogP contribution in [0.2, 0.25) is 5.02 Å². The highest BCUT2D eigenvalue weighted by Gasteiger charge is 2.24. The summed E-state index contributed by atoms with van der Waals surface area (Å²) in [5.41, 5.74) is 3.55. The predicted molar refractivity (Wildman–Crippen MR) is 122 cm³/mol. The average Bonchev–Trinajstić information content (AvgIpc) is 3.39. The number of aromatic nitrogens is 3. The number of urea groups is 1. The Morgan fingerprint density at radius 1 is 1.06 bits per heavy atom. The van der Waals surface area contributed by atoms with Gasteiger partial charge in [0.05, 0.1) is 23.0 Å². The van der Waals surface area contributed by atoms with Crippen molar-refractivity contribution in [3.8, 4) is 5.00 Å². The van der Waals surface area contributed by atoms with Crippen molar-refractivity contribution in [2.45, 2.75) is 13.1 Å². The van der Waals surface area contributed by atoms with Crippen LogP contribution in [0.3, 0.4) is 0 Å². The van der Waals surface area contributed by atoms with Crippen LogP contribution in [0.25, 0.3) is 5.00 Å².